The second kappa shape index (κ2) is 11.4. The van der Waals surface area contributed by atoms with Gasteiger partial charge in [0.15, 0.2) is 0 Å². The maximum Gasteiger partial charge on any atom is 0.303 e. The van der Waals surface area contributed by atoms with Crippen LogP contribution in [-0.4, -0.2) is 24.3 Å². The monoisotopic (exact) mass is 422 g/mol. The van der Waals surface area contributed by atoms with Crippen molar-refractivity contribution in [3.8, 4) is 11.5 Å². The first kappa shape index (κ1) is 24.3. The van der Waals surface area contributed by atoms with Gasteiger partial charge in [-0.3, -0.25) is 4.79 Å². The third-order valence-corrected chi connectivity index (χ3v) is 5.30. The molecular weight excluding hydrogens is 388 g/mol. The minimum atomic E-state index is -0.797. The topological polar surface area (TPSA) is 55.8 Å². The van der Waals surface area contributed by atoms with Gasteiger partial charge < -0.3 is 14.6 Å². The van der Waals surface area contributed by atoms with Crippen LogP contribution in [0.4, 0.5) is 0 Å². The number of allylic oxidation sites excluding steroid dienone is 2. The fourth-order valence-corrected chi connectivity index (χ4v) is 3.26. The first-order valence-corrected chi connectivity index (χ1v) is 10.7. The van der Waals surface area contributed by atoms with Gasteiger partial charge in [0.05, 0.1) is 0 Å². The fraction of sp³-hybridized carbons (Fsp3) is 0.370. The van der Waals surface area contributed by atoms with E-state index in [4.69, 9.17) is 9.47 Å². The Bertz CT molecular complexity index is 832. The average molecular weight is 423 g/mol. The number of aliphatic carboxylic acids is 1. The summed E-state index contributed by atoms with van der Waals surface area (Å²) in [5.41, 5.74) is 4.11. The van der Waals surface area contributed by atoms with E-state index in [1.54, 1.807) is 0 Å². The van der Waals surface area contributed by atoms with E-state index in [-0.39, 0.29) is 6.42 Å². The van der Waals surface area contributed by atoms with Gasteiger partial charge in [-0.15, -0.1) is 0 Å². The first-order chi connectivity index (χ1) is 14.7. The predicted molar refractivity (Wildman–Crippen MR) is 126 cm³/mol. The van der Waals surface area contributed by atoms with Gasteiger partial charge in [-0.1, -0.05) is 42.3 Å². The van der Waals surface area contributed by atoms with E-state index >= 15 is 0 Å². The van der Waals surface area contributed by atoms with Crippen LogP contribution in [0.5, 0.6) is 11.5 Å². The van der Waals surface area contributed by atoms with Crippen LogP contribution in [-0.2, 0) is 10.2 Å². The molecule has 0 saturated heterocycles. The van der Waals surface area contributed by atoms with Gasteiger partial charge in [-0.25, -0.2) is 0 Å². The highest BCUT2D eigenvalue weighted by Crippen LogP contribution is 2.38. The second-order valence-electron chi connectivity index (χ2n) is 8.46. The number of rotatable bonds is 11. The van der Waals surface area contributed by atoms with Crippen LogP contribution in [0.3, 0.4) is 0 Å². The van der Waals surface area contributed by atoms with Crippen molar-refractivity contribution in [2.75, 3.05) is 13.2 Å². The van der Waals surface area contributed by atoms with Gasteiger partial charge in [0, 0.05) is 11.8 Å². The first-order valence-electron chi connectivity index (χ1n) is 10.7. The molecule has 0 aliphatic carbocycles. The number of benzene rings is 2. The van der Waals surface area contributed by atoms with Gasteiger partial charge >= 0.3 is 5.97 Å². The van der Waals surface area contributed by atoms with Crippen LogP contribution >= 0.6 is 0 Å². The highest BCUT2D eigenvalue weighted by Gasteiger charge is 2.29. The molecule has 0 atom stereocenters. The van der Waals surface area contributed by atoms with E-state index in [9.17, 15) is 9.90 Å². The molecule has 0 saturated carbocycles. The molecule has 0 amide bonds. The predicted octanol–water partition coefficient (Wildman–Crippen LogP) is 6.55. The third-order valence-electron chi connectivity index (χ3n) is 5.30. The number of carbonyl (C=O) groups is 1. The van der Waals surface area contributed by atoms with Crippen LogP contribution in [0.15, 0.2) is 71.8 Å². The Labute approximate surface area is 186 Å². The lowest BCUT2D eigenvalue weighted by Gasteiger charge is -2.31. The molecule has 4 heteroatoms. The minimum Gasteiger partial charge on any atom is -0.490 e. The molecule has 0 radical (unpaired) electrons. The largest absolute Gasteiger partial charge is 0.490 e. The number of hydrogen-bond acceptors (Lipinski definition) is 3. The highest BCUT2D eigenvalue weighted by molar-refractivity contribution is 5.67. The van der Waals surface area contributed by atoms with Crippen molar-refractivity contribution in [3.05, 3.63) is 83.0 Å². The van der Waals surface area contributed by atoms with Crippen LogP contribution in [0.25, 0.3) is 0 Å². The van der Waals surface area contributed by atoms with E-state index < -0.39 is 11.4 Å². The summed E-state index contributed by atoms with van der Waals surface area (Å²) in [7, 11) is 0. The van der Waals surface area contributed by atoms with E-state index in [0.29, 0.717) is 19.6 Å². The van der Waals surface area contributed by atoms with E-state index in [1.807, 2.05) is 88.4 Å². The molecule has 0 bridgehead atoms. The van der Waals surface area contributed by atoms with Gasteiger partial charge in [0.2, 0.25) is 0 Å². The molecule has 0 heterocycles. The summed E-state index contributed by atoms with van der Waals surface area (Å²) in [5, 5.41) is 9.29. The molecule has 0 aliphatic rings. The molecule has 31 heavy (non-hydrogen) atoms. The Balaban J connectivity index is 2.24. The van der Waals surface area contributed by atoms with E-state index in [1.165, 1.54) is 11.1 Å². The van der Waals surface area contributed by atoms with Crippen molar-refractivity contribution in [2.24, 2.45) is 0 Å². The molecule has 0 aliphatic heterocycles. The van der Waals surface area contributed by atoms with Gasteiger partial charge in [0.1, 0.15) is 24.7 Å². The summed E-state index contributed by atoms with van der Waals surface area (Å²) in [6, 6.07) is 15.9. The highest BCUT2D eigenvalue weighted by atomic mass is 16.5. The standard InChI is InChI=1S/C27H34O4/c1-20(2)15-18-30-24-10-6-22(7-11-24)27(5,17-14-26(28)29)23-8-12-25(13-9-23)31-19-16-21(3)4/h6-13,15-16H,14,17-19H2,1-5H3,(H,28,29). The van der Waals surface area contributed by atoms with Crippen LogP contribution < -0.4 is 9.47 Å². The second-order valence-corrected chi connectivity index (χ2v) is 8.46. The zero-order valence-corrected chi connectivity index (χ0v) is 19.3. The Hall–Kier alpha value is -3.01. The SMILES string of the molecule is CC(C)=CCOc1ccc(C(C)(CCC(=O)O)c2ccc(OCC=C(C)C)cc2)cc1. The summed E-state index contributed by atoms with van der Waals surface area (Å²) in [6.45, 7) is 11.3. The Morgan fingerprint density at radius 2 is 1.19 bits per heavy atom. The Morgan fingerprint density at radius 3 is 1.52 bits per heavy atom. The van der Waals surface area contributed by atoms with Crippen molar-refractivity contribution in [1.29, 1.82) is 0 Å². The van der Waals surface area contributed by atoms with Crippen molar-refractivity contribution >= 4 is 5.97 Å². The third kappa shape index (κ3) is 7.63. The smallest absolute Gasteiger partial charge is 0.303 e. The van der Waals surface area contributed by atoms with Crippen molar-refractivity contribution in [1.82, 2.24) is 0 Å². The number of ether oxygens (including phenoxy) is 2. The van der Waals surface area contributed by atoms with E-state index in [0.717, 1.165) is 22.6 Å². The summed E-state index contributed by atoms with van der Waals surface area (Å²) < 4.78 is 11.5. The fourth-order valence-electron chi connectivity index (χ4n) is 3.26. The molecule has 166 valence electrons. The van der Waals surface area contributed by atoms with Crippen molar-refractivity contribution in [3.63, 3.8) is 0 Å². The Morgan fingerprint density at radius 1 is 0.806 bits per heavy atom. The number of hydrogen-bond donors (Lipinski definition) is 1. The Kier molecular flexibility index (Phi) is 8.92. The maximum absolute atomic E-state index is 11.3. The lowest BCUT2D eigenvalue weighted by atomic mass is 9.73. The maximum atomic E-state index is 11.3. The van der Waals surface area contributed by atoms with Gasteiger partial charge in [0.25, 0.3) is 0 Å². The molecule has 2 aromatic carbocycles. The molecule has 0 unspecified atom stereocenters. The molecule has 0 spiro atoms. The molecular formula is C27H34O4. The minimum absolute atomic E-state index is 0.0914. The molecule has 2 rings (SSSR count). The normalized spacial score (nSPS) is 10.9. The quantitative estimate of drug-likeness (QED) is 0.417. The molecule has 0 aromatic heterocycles. The molecule has 0 fully saturated rings. The summed E-state index contributed by atoms with van der Waals surface area (Å²) in [6.07, 6.45) is 4.66. The van der Waals surface area contributed by atoms with Gasteiger partial charge in [-0.05, 0) is 81.7 Å². The lowest BCUT2D eigenvalue weighted by Crippen LogP contribution is -2.25. The van der Waals surface area contributed by atoms with Crippen molar-refractivity contribution < 1.29 is 19.4 Å². The zero-order valence-electron chi connectivity index (χ0n) is 19.3. The number of carboxylic acids is 1. The summed E-state index contributed by atoms with van der Waals surface area (Å²) >= 11 is 0. The summed E-state index contributed by atoms with van der Waals surface area (Å²) in [4.78, 5) is 11.3. The zero-order chi connectivity index (χ0) is 22.9. The molecule has 1 N–H and O–H groups in total. The average Bonchev–Trinajstić information content (AvgIpc) is 2.72. The number of carboxylic acid groups (broad SMARTS) is 1. The van der Waals surface area contributed by atoms with Crippen LogP contribution in [0.1, 0.15) is 58.6 Å². The van der Waals surface area contributed by atoms with Crippen molar-refractivity contribution in [2.45, 2.75) is 52.9 Å². The van der Waals surface area contributed by atoms with E-state index in [2.05, 4.69) is 6.92 Å². The van der Waals surface area contributed by atoms with Gasteiger partial charge in [-0.2, -0.15) is 0 Å². The molecule has 4 nitrogen and oxygen atoms in total. The lowest BCUT2D eigenvalue weighted by molar-refractivity contribution is -0.137. The summed E-state index contributed by atoms with van der Waals surface area (Å²) in [5.74, 6) is 0.796. The molecule has 2 aromatic rings. The van der Waals surface area contributed by atoms with Crippen LogP contribution in [0.2, 0.25) is 0 Å². The van der Waals surface area contributed by atoms with Crippen LogP contribution in [0, 0.1) is 0 Å².